The van der Waals surface area contributed by atoms with Crippen molar-refractivity contribution in [3.05, 3.63) is 0 Å². The maximum Gasteiger partial charge on any atom is 0.472 e. The van der Waals surface area contributed by atoms with E-state index < -0.39 is 97.5 Å². The quantitative estimate of drug-likeness (QED) is 0.0222. The van der Waals surface area contributed by atoms with Crippen LogP contribution in [0.15, 0.2) is 0 Å². The monoisotopic (exact) mass is 1580 g/mol. The van der Waals surface area contributed by atoms with E-state index in [4.69, 9.17) is 37.0 Å². The van der Waals surface area contributed by atoms with E-state index in [9.17, 15) is 43.2 Å². The van der Waals surface area contributed by atoms with Crippen LogP contribution in [0.4, 0.5) is 0 Å². The first-order chi connectivity index (χ1) is 52.4. The van der Waals surface area contributed by atoms with Crippen molar-refractivity contribution in [2.45, 2.75) is 496 Å². The molecular weight excluding hydrogens is 1400 g/mol. The van der Waals surface area contributed by atoms with Crippen LogP contribution >= 0.6 is 15.6 Å². The van der Waals surface area contributed by atoms with E-state index in [-0.39, 0.29) is 25.7 Å². The number of aliphatic hydroxyl groups excluding tert-OH is 1. The Kier molecular flexibility index (Phi) is 78.8. The number of carbonyl (C=O) groups is 4. The minimum atomic E-state index is -4.97. The lowest BCUT2D eigenvalue weighted by atomic mass is 10.00. The molecule has 0 saturated carbocycles. The van der Waals surface area contributed by atoms with Gasteiger partial charge in [-0.15, -0.1) is 0 Å². The van der Waals surface area contributed by atoms with Crippen molar-refractivity contribution < 1.29 is 80.2 Å². The van der Waals surface area contributed by atoms with E-state index in [1.807, 2.05) is 0 Å². The molecule has 3 N–H and O–H groups in total. The summed E-state index contributed by atoms with van der Waals surface area (Å²) < 4.78 is 69.0. The average Bonchev–Trinajstić information content (AvgIpc) is 0.899. The van der Waals surface area contributed by atoms with E-state index >= 15 is 0 Å². The lowest BCUT2D eigenvalue weighted by Crippen LogP contribution is -2.30. The van der Waals surface area contributed by atoms with Gasteiger partial charge in [0.25, 0.3) is 0 Å². The highest BCUT2D eigenvalue weighted by Crippen LogP contribution is 2.45. The number of hydrogen-bond donors (Lipinski definition) is 3. The average molecular weight is 1580 g/mol. The van der Waals surface area contributed by atoms with Crippen LogP contribution < -0.4 is 0 Å². The van der Waals surface area contributed by atoms with E-state index in [0.29, 0.717) is 25.7 Å². The minimum Gasteiger partial charge on any atom is -0.462 e. The van der Waals surface area contributed by atoms with Crippen LogP contribution in [0.3, 0.4) is 0 Å². The molecule has 642 valence electrons. The fourth-order valence-electron chi connectivity index (χ4n) is 13.9. The third kappa shape index (κ3) is 80.7. The number of rotatable bonds is 88. The van der Waals surface area contributed by atoms with Gasteiger partial charge in [0, 0.05) is 25.7 Å². The molecule has 6 atom stereocenters. The molecule has 0 aromatic heterocycles. The summed E-state index contributed by atoms with van der Waals surface area (Å²) >= 11 is 0. The first-order valence-corrected chi connectivity index (χ1v) is 49.0. The molecule has 17 nitrogen and oxygen atoms in total. The van der Waals surface area contributed by atoms with Gasteiger partial charge in [0.05, 0.1) is 26.4 Å². The summed E-state index contributed by atoms with van der Waals surface area (Å²) in [5.41, 5.74) is 0. The maximum absolute atomic E-state index is 13.2. The van der Waals surface area contributed by atoms with Crippen molar-refractivity contribution in [2.75, 3.05) is 39.6 Å². The summed E-state index contributed by atoms with van der Waals surface area (Å²) in [7, 11) is -9.93. The predicted molar refractivity (Wildman–Crippen MR) is 446 cm³/mol. The second-order valence-electron chi connectivity index (χ2n) is 32.7. The fourth-order valence-corrected chi connectivity index (χ4v) is 15.5. The van der Waals surface area contributed by atoms with Crippen LogP contribution in [0.25, 0.3) is 0 Å². The van der Waals surface area contributed by atoms with E-state index in [0.717, 1.165) is 108 Å². The van der Waals surface area contributed by atoms with Gasteiger partial charge in [-0.05, 0) is 37.5 Å². The lowest BCUT2D eigenvalue weighted by Gasteiger charge is -2.21. The number of esters is 4. The molecule has 0 aromatic carbocycles. The molecule has 0 aliphatic rings. The molecule has 0 amide bonds. The third-order valence-electron chi connectivity index (χ3n) is 21.3. The summed E-state index contributed by atoms with van der Waals surface area (Å²) in [6.07, 6.45) is 73.7. The predicted octanol–water partition coefficient (Wildman–Crippen LogP) is 27.4. The van der Waals surface area contributed by atoms with Gasteiger partial charge < -0.3 is 33.8 Å². The Balaban J connectivity index is 5.22. The van der Waals surface area contributed by atoms with Gasteiger partial charge in [-0.3, -0.25) is 37.3 Å². The summed E-state index contributed by atoms with van der Waals surface area (Å²) in [6.45, 7) is 9.69. The Morgan fingerprint density at radius 3 is 0.704 bits per heavy atom. The number of phosphoric acid groups is 2. The fraction of sp³-hybridized carbons (Fsp3) is 0.955. The molecule has 0 saturated heterocycles. The molecule has 0 aromatic rings. The number of unbranched alkanes of at least 4 members (excludes halogenated alkanes) is 57. The van der Waals surface area contributed by atoms with Crippen LogP contribution in [0, 0.1) is 11.8 Å². The number of hydrogen-bond acceptors (Lipinski definition) is 15. The zero-order valence-corrected chi connectivity index (χ0v) is 73.0. The molecule has 0 aliphatic heterocycles. The van der Waals surface area contributed by atoms with Crippen molar-refractivity contribution >= 4 is 39.5 Å². The van der Waals surface area contributed by atoms with E-state index in [1.54, 1.807) is 0 Å². The zero-order valence-electron chi connectivity index (χ0n) is 71.2. The van der Waals surface area contributed by atoms with Gasteiger partial charge in [0.1, 0.15) is 19.3 Å². The number of ether oxygens (including phenoxy) is 4. The van der Waals surface area contributed by atoms with E-state index in [2.05, 4.69) is 41.5 Å². The standard InChI is InChI=1S/C89H174O17P2/c1-7-10-12-14-16-18-20-22-24-26-28-33-36-40-44-48-52-59-65-71-86(91)99-77-84(105-88(93)73-67-62-54-50-46-42-38-34-30-29-31-35-39-43-47-51-57-63-69-81(4)5)79-103-107(95,96)101-75-83(90)76-102-108(97,98)104-80-85(78-100-87(92)72-66-60-56-55-58-64-70-82(6)9-3)106-89(94)74-68-61-53-49-45-41-37-32-27-25-23-21-19-17-15-13-11-8-2/h81-85,90H,7-80H2,1-6H3,(H,95,96)(H,97,98)/t82?,83-,84-,85-/m1/s1. The Morgan fingerprint density at radius 2 is 0.472 bits per heavy atom. The molecule has 19 heteroatoms. The molecule has 0 aliphatic carbocycles. The molecule has 0 bridgehead atoms. The van der Waals surface area contributed by atoms with Crippen LogP contribution in [0.1, 0.15) is 478 Å². The summed E-state index contributed by atoms with van der Waals surface area (Å²) in [6, 6.07) is 0. The van der Waals surface area contributed by atoms with Gasteiger partial charge in [-0.25, -0.2) is 9.13 Å². The molecule has 3 unspecified atom stereocenters. The SMILES string of the molecule is CCCCCCCCCCCCCCCCCCCCCC(=O)OC[C@H](COP(=O)(O)OC[C@@H](O)COP(=O)(O)OC[C@@H](COC(=O)CCCCCCCCC(C)CC)OC(=O)CCCCCCCCCCCCCCCCCCCC)OC(=O)CCCCCCCCCCCCCCCCCCCCC(C)C. The topological polar surface area (TPSA) is 237 Å². The summed E-state index contributed by atoms with van der Waals surface area (Å²) in [4.78, 5) is 73.3. The number of carbonyl (C=O) groups excluding carboxylic acids is 4. The van der Waals surface area contributed by atoms with E-state index in [1.165, 1.54) is 289 Å². The molecule has 0 fully saturated rings. The highest BCUT2D eigenvalue weighted by Gasteiger charge is 2.31. The van der Waals surface area contributed by atoms with Crippen molar-refractivity contribution in [1.82, 2.24) is 0 Å². The molecule has 108 heavy (non-hydrogen) atoms. The molecule has 0 heterocycles. The lowest BCUT2D eigenvalue weighted by molar-refractivity contribution is -0.161. The van der Waals surface area contributed by atoms with Crippen LogP contribution in [-0.2, 0) is 65.4 Å². The second kappa shape index (κ2) is 80.3. The molecular formula is C89H174O17P2. The van der Waals surface area contributed by atoms with Crippen molar-refractivity contribution in [2.24, 2.45) is 11.8 Å². The maximum atomic E-state index is 13.2. The van der Waals surface area contributed by atoms with Gasteiger partial charge in [0.15, 0.2) is 12.2 Å². The Hall–Kier alpha value is -1.94. The summed E-state index contributed by atoms with van der Waals surface area (Å²) in [5.74, 6) is -0.548. The van der Waals surface area contributed by atoms with Crippen molar-refractivity contribution in [1.29, 1.82) is 0 Å². The molecule has 0 spiro atoms. The van der Waals surface area contributed by atoms with Crippen molar-refractivity contribution in [3.63, 3.8) is 0 Å². The largest absolute Gasteiger partial charge is 0.472 e. The first-order valence-electron chi connectivity index (χ1n) is 46.0. The Bertz CT molecular complexity index is 2070. The van der Waals surface area contributed by atoms with Gasteiger partial charge in [-0.1, -0.05) is 427 Å². The van der Waals surface area contributed by atoms with Crippen LogP contribution in [0.5, 0.6) is 0 Å². The van der Waals surface area contributed by atoms with Crippen molar-refractivity contribution in [3.8, 4) is 0 Å². The van der Waals surface area contributed by atoms with Gasteiger partial charge in [-0.2, -0.15) is 0 Å². The van der Waals surface area contributed by atoms with Crippen LogP contribution in [-0.4, -0.2) is 96.7 Å². The zero-order chi connectivity index (χ0) is 79.2. The number of phosphoric ester groups is 2. The highest BCUT2D eigenvalue weighted by molar-refractivity contribution is 7.47. The normalized spacial score (nSPS) is 14.0. The van der Waals surface area contributed by atoms with Gasteiger partial charge >= 0.3 is 39.5 Å². The summed E-state index contributed by atoms with van der Waals surface area (Å²) in [5, 5.41) is 10.7. The Labute approximate surface area is 664 Å². The smallest absolute Gasteiger partial charge is 0.462 e. The third-order valence-corrected chi connectivity index (χ3v) is 23.2. The second-order valence-corrected chi connectivity index (χ2v) is 35.6. The number of aliphatic hydroxyl groups is 1. The highest BCUT2D eigenvalue weighted by atomic mass is 31.2. The first kappa shape index (κ1) is 106. The van der Waals surface area contributed by atoms with Gasteiger partial charge in [0.2, 0.25) is 0 Å². The minimum absolute atomic E-state index is 0.108. The van der Waals surface area contributed by atoms with Crippen LogP contribution in [0.2, 0.25) is 0 Å². The molecule has 0 rings (SSSR count). The Morgan fingerprint density at radius 1 is 0.269 bits per heavy atom. The molecule has 0 radical (unpaired) electrons.